The molecule has 3 aliphatic rings. The largest absolute Gasteiger partial charge is 0.506 e. The van der Waals surface area contributed by atoms with Crippen LogP contribution in [0.25, 0.3) is 39.1 Å². The quantitative estimate of drug-likeness (QED) is 0.0724. The van der Waals surface area contributed by atoms with Crippen molar-refractivity contribution >= 4 is 48.1 Å². The van der Waals surface area contributed by atoms with Crippen LogP contribution in [0.1, 0.15) is 56.4 Å². The van der Waals surface area contributed by atoms with E-state index in [0.29, 0.717) is 36.8 Å². The number of phenolic OH excluding ortho intramolecular Hbond substituents is 1. The highest BCUT2D eigenvalue weighted by Crippen LogP contribution is 2.41. The monoisotopic (exact) mass is 840 g/mol. The SMILES string of the molecule is CC(C)(C)[Si](C)(C)O[C@@H](CNCc1ccc2c(c1)[nH]c(=O)n2C/C=C/c1ccc(-c2ccccc2)c(NC(=O)O[C@H]2CN3CCC2CC3)c1)c1ccc(O)c2[nH]c(=O)ccc12. The first-order valence-corrected chi connectivity index (χ1v) is 24.1. The lowest BCUT2D eigenvalue weighted by Crippen LogP contribution is -2.52. The maximum absolute atomic E-state index is 13.3. The number of nitrogens with zero attached hydrogens (tertiary/aromatic N) is 2. The number of piperidine rings is 3. The van der Waals surface area contributed by atoms with Crippen molar-refractivity contribution in [2.45, 2.75) is 77.0 Å². The van der Waals surface area contributed by atoms with Crippen molar-refractivity contribution in [3.63, 3.8) is 0 Å². The highest BCUT2D eigenvalue weighted by atomic mass is 28.4. The van der Waals surface area contributed by atoms with E-state index in [0.717, 1.165) is 76.7 Å². The Morgan fingerprint density at radius 1 is 0.967 bits per heavy atom. The highest BCUT2D eigenvalue weighted by Gasteiger charge is 2.40. The first kappa shape index (κ1) is 42.0. The number of imidazole rings is 1. The molecular weight excluding hydrogens is 785 g/mol. The molecule has 5 N–H and O–H groups in total. The summed E-state index contributed by atoms with van der Waals surface area (Å²) in [6.07, 6.45) is 5.14. The molecule has 6 aromatic rings. The third-order valence-electron chi connectivity index (χ3n) is 12.8. The van der Waals surface area contributed by atoms with E-state index >= 15 is 0 Å². The van der Waals surface area contributed by atoms with E-state index < -0.39 is 14.4 Å². The summed E-state index contributed by atoms with van der Waals surface area (Å²) < 4.78 is 14.6. The summed E-state index contributed by atoms with van der Waals surface area (Å²) in [5, 5.41) is 17.9. The van der Waals surface area contributed by atoms with E-state index in [9.17, 15) is 19.5 Å². The Hall–Kier alpha value is -5.73. The number of carbonyl (C=O) groups excluding carboxylic acids is 1. The van der Waals surface area contributed by atoms with Gasteiger partial charge in [-0.05, 0) is 103 Å². The minimum Gasteiger partial charge on any atom is -0.506 e. The second-order valence-corrected chi connectivity index (χ2v) is 22.7. The Balaban J connectivity index is 0.960. The fraction of sp³-hybridized carbons (Fsp3) is 0.354. The molecule has 13 heteroatoms. The number of aromatic hydroxyl groups is 1. The average Bonchev–Trinajstić information content (AvgIpc) is 3.54. The summed E-state index contributed by atoms with van der Waals surface area (Å²) in [6.45, 7) is 15.3. The van der Waals surface area contributed by atoms with Gasteiger partial charge in [0.05, 0.1) is 28.3 Å². The predicted molar refractivity (Wildman–Crippen MR) is 245 cm³/mol. The number of ether oxygens (including phenoxy) is 1. The van der Waals surface area contributed by atoms with Crippen LogP contribution in [0, 0.1) is 5.92 Å². The summed E-state index contributed by atoms with van der Waals surface area (Å²) >= 11 is 0. The Morgan fingerprint density at radius 2 is 1.75 bits per heavy atom. The molecule has 3 saturated heterocycles. The van der Waals surface area contributed by atoms with Gasteiger partial charge in [-0.1, -0.05) is 87.5 Å². The van der Waals surface area contributed by atoms with Crippen LogP contribution in [0.4, 0.5) is 10.5 Å². The van der Waals surface area contributed by atoms with Crippen LogP contribution >= 0.6 is 0 Å². The summed E-state index contributed by atoms with van der Waals surface area (Å²) in [6, 6.07) is 28.6. The molecule has 318 valence electrons. The molecule has 0 radical (unpaired) electrons. The molecule has 4 aromatic carbocycles. The lowest BCUT2D eigenvalue weighted by Gasteiger charge is -2.43. The van der Waals surface area contributed by atoms with Crippen LogP contribution < -0.4 is 21.9 Å². The molecule has 2 aromatic heterocycles. The van der Waals surface area contributed by atoms with Crippen LogP contribution in [-0.4, -0.2) is 71.2 Å². The maximum atomic E-state index is 13.3. The number of aromatic amines is 2. The number of phenols is 1. The smallest absolute Gasteiger partial charge is 0.411 e. The Bertz CT molecular complexity index is 2690. The fourth-order valence-electron chi connectivity index (χ4n) is 8.39. The number of H-pyrrole nitrogens is 2. The molecule has 0 spiro atoms. The zero-order valence-electron chi connectivity index (χ0n) is 35.6. The number of anilines is 1. The summed E-state index contributed by atoms with van der Waals surface area (Å²) in [5.74, 6) is 0.423. The molecule has 2 atom stereocenters. The maximum Gasteiger partial charge on any atom is 0.411 e. The summed E-state index contributed by atoms with van der Waals surface area (Å²) in [7, 11) is -2.25. The lowest BCUT2D eigenvalue weighted by molar-refractivity contribution is -0.0289. The van der Waals surface area contributed by atoms with E-state index in [1.54, 1.807) is 16.7 Å². The van der Waals surface area contributed by atoms with Crippen molar-refractivity contribution in [2.24, 2.45) is 5.92 Å². The molecule has 3 aliphatic heterocycles. The highest BCUT2D eigenvalue weighted by molar-refractivity contribution is 6.74. The zero-order valence-corrected chi connectivity index (χ0v) is 36.6. The van der Waals surface area contributed by atoms with Crippen LogP contribution in [0.2, 0.25) is 18.1 Å². The number of allylic oxidation sites excluding steroid dienone is 1. The number of hydrogen-bond donors (Lipinski definition) is 5. The van der Waals surface area contributed by atoms with Crippen LogP contribution in [0.3, 0.4) is 0 Å². The van der Waals surface area contributed by atoms with Gasteiger partial charge in [-0.3, -0.25) is 19.6 Å². The molecular formula is C48H56N6O6Si. The number of nitrogens with one attached hydrogen (secondary N) is 4. The second-order valence-electron chi connectivity index (χ2n) is 18.0. The topological polar surface area (TPSA) is 154 Å². The Morgan fingerprint density at radius 3 is 2.49 bits per heavy atom. The first-order chi connectivity index (χ1) is 29.2. The number of aromatic nitrogens is 3. The minimum atomic E-state index is -2.25. The molecule has 5 heterocycles. The first-order valence-electron chi connectivity index (χ1n) is 21.2. The summed E-state index contributed by atoms with van der Waals surface area (Å²) in [4.78, 5) is 46.8. The number of benzene rings is 4. The van der Waals surface area contributed by atoms with Crippen LogP contribution in [0.5, 0.6) is 5.75 Å². The van der Waals surface area contributed by atoms with Gasteiger partial charge in [0, 0.05) is 43.2 Å². The third kappa shape index (κ3) is 9.30. The Kier molecular flexibility index (Phi) is 11.9. The molecule has 2 bridgehead atoms. The number of fused-ring (bicyclic) bond motifs is 5. The minimum absolute atomic E-state index is 0.0117. The molecule has 0 saturated carbocycles. The van der Waals surface area contributed by atoms with Gasteiger partial charge in [0.15, 0.2) is 8.32 Å². The molecule has 9 rings (SSSR count). The van der Waals surface area contributed by atoms with Gasteiger partial charge >= 0.3 is 11.8 Å². The Labute approximate surface area is 356 Å². The molecule has 61 heavy (non-hydrogen) atoms. The van der Waals surface area contributed by atoms with E-state index in [2.05, 4.69) is 59.4 Å². The fourth-order valence-corrected chi connectivity index (χ4v) is 9.67. The van der Waals surface area contributed by atoms with Gasteiger partial charge in [-0.15, -0.1) is 0 Å². The van der Waals surface area contributed by atoms with Gasteiger partial charge in [0.2, 0.25) is 5.56 Å². The van der Waals surface area contributed by atoms with Gasteiger partial charge in [-0.2, -0.15) is 0 Å². The van der Waals surface area contributed by atoms with Crippen molar-refractivity contribution in [2.75, 3.05) is 31.5 Å². The van der Waals surface area contributed by atoms with Crippen molar-refractivity contribution in [1.82, 2.24) is 24.8 Å². The van der Waals surface area contributed by atoms with E-state index in [-0.39, 0.29) is 34.2 Å². The second kappa shape index (κ2) is 17.3. The third-order valence-corrected chi connectivity index (χ3v) is 17.3. The van der Waals surface area contributed by atoms with Gasteiger partial charge < -0.3 is 29.6 Å². The molecule has 1 amide bonds. The number of pyridine rings is 1. The van der Waals surface area contributed by atoms with Crippen molar-refractivity contribution in [3.05, 3.63) is 135 Å². The summed E-state index contributed by atoms with van der Waals surface area (Å²) in [5.41, 5.74) is 6.73. The number of carbonyl (C=O) groups is 1. The zero-order chi connectivity index (χ0) is 42.9. The number of amides is 1. The van der Waals surface area contributed by atoms with Crippen molar-refractivity contribution in [1.29, 1.82) is 0 Å². The van der Waals surface area contributed by atoms with Crippen molar-refractivity contribution < 1.29 is 19.1 Å². The van der Waals surface area contributed by atoms with Crippen LogP contribution in [0.15, 0.2) is 107 Å². The van der Waals surface area contributed by atoms with Gasteiger partial charge in [0.25, 0.3) is 0 Å². The molecule has 0 unspecified atom stereocenters. The van der Waals surface area contributed by atoms with E-state index in [1.807, 2.05) is 84.9 Å². The van der Waals surface area contributed by atoms with Gasteiger partial charge in [-0.25, -0.2) is 9.59 Å². The average molecular weight is 841 g/mol. The number of rotatable bonds is 13. The normalized spacial score (nSPS) is 18.5. The van der Waals surface area contributed by atoms with Crippen LogP contribution in [-0.2, 0) is 22.3 Å². The van der Waals surface area contributed by atoms with Crippen molar-refractivity contribution in [3.8, 4) is 16.9 Å². The molecule has 3 fully saturated rings. The molecule has 12 nitrogen and oxygen atoms in total. The standard InChI is InChI=1S/C48H56N6O6Si/c1-48(2,3)61(4,5)60-42(36-16-19-41(55)45-37(36)17-20-44(56)52-45)29-49-28-32-14-18-40-39(27-32)50-46(57)54(40)23-9-10-31-13-15-35(33-11-7-6-8-12-33)38(26-31)51-47(58)59-43-30-53-24-21-34(43)22-25-53/h6-20,26-27,34,42-43,49,55H,21-25,28-30H2,1-5H3,(H,50,57)(H,51,58)(H,52,56)/b10-9+/t42-,43-/m0/s1. The predicted octanol–water partition coefficient (Wildman–Crippen LogP) is 8.75. The number of hydrogen-bond acceptors (Lipinski definition) is 8. The van der Waals surface area contributed by atoms with E-state index in [1.165, 1.54) is 6.07 Å². The van der Waals surface area contributed by atoms with E-state index in [4.69, 9.17) is 9.16 Å². The van der Waals surface area contributed by atoms with Gasteiger partial charge in [0.1, 0.15) is 11.9 Å². The lowest BCUT2D eigenvalue weighted by atomic mass is 9.86. The molecule has 0 aliphatic carbocycles.